The maximum atomic E-state index is 12.2. The second-order valence-corrected chi connectivity index (χ2v) is 6.90. The van der Waals surface area contributed by atoms with E-state index in [1.54, 1.807) is 0 Å². The molecule has 26 heavy (non-hydrogen) atoms. The minimum Gasteiger partial charge on any atom is -0.400 e. The first kappa shape index (κ1) is 24.7. The zero-order chi connectivity index (χ0) is 20.3. The Morgan fingerprint density at radius 3 is 2.50 bits per heavy atom. The molecule has 0 saturated carbocycles. The van der Waals surface area contributed by atoms with Crippen LogP contribution in [-0.4, -0.2) is 61.6 Å². The number of hydrogen-bond donors (Lipinski definition) is 4. The molecule has 1 unspecified atom stereocenters. The number of hydrogen-bond acceptors (Lipinski definition) is 8. The molecule has 0 radical (unpaired) electrons. The van der Waals surface area contributed by atoms with Gasteiger partial charge in [0.05, 0.1) is 6.10 Å². The summed E-state index contributed by atoms with van der Waals surface area (Å²) < 4.78 is 35.6. The number of carbonyl (C=O) groups is 1. The molecule has 0 spiro atoms. The van der Waals surface area contributed by atoms with Crippen LogP contribution in [-0.2, 0) is 9.26 Å². The summed E-state index contributed by atoms with van der Waals surface area (Å²) in [4.78, 5) is 32.5. The summed E-state index contributed by atoms with van der Waals surface area (Å²) in [6.45, 7) is 3.87. The molecule has 1 aliphatic heterocycles. The van der Waals surface area contributed by atoms with E-state index in [1.165, 1.54) is 17.4 Å². The molecule has 10 nitrogen and oxygen atoms in total. The lowest BCUT2D eigenvalue weighted by Gasteiger charge is -2.14. The molecule has 1 aromatic rings. The highest BCUT2D eigenvalue weighted by atomic mass is 31.2. The smallest absolute Gasteiger partial charge is 0.400 e. The summed E-state index contributed by atoms with van der Waals surface area (Å²) in [6, 6.07) is 0. The number of primary amides is 1. The Kier molecular flexibility index (Phi) is 11.5. The van der Waals surface area contributed by atoms with Crippen molar-refractivity contribution in [3.8, 4) is 0 Å². The van der Waals surface area contributed by atoms with Gasteiger partial charge in [0.15, 0.2) is 6.23 Å². The van der Waals surface area contributed by atoms with Gasteiger partial charge in [-0.1, -0.05) is 20.3 Å². The summed E-state index contributed by atoms with van der Waals surface area (Å²) in [5.74, 6) is -0.939. The van der Waals surface area contributed by atoms with Gasteiger partial charge in [-0.05, 0) is 12.8 Å². The van der Waals surface area contributed by atoms with E-state index >= 15 is 0 Å². The fourth-order valence-electron chi connectivity index (χ4n) is 1.78. The van der Waals surface area contributed by atoms with Crippen molar-refractivity contribution in [1.29, 1.82) is 0 Å². The summed E-state index contributed by atoms with van der Waals surface area (Å²) in [7, 11) is -3.68. The summed E-state index contributed by atoms with van der Waals surface area (Å²) >= 11 is 0. The quantitative estimate of drug-likeness (QED) is 0.515. The van der Waals surface area contributed by atoms with Gasteiger partial charge >= 0.3 is 14.1 Å². The van der Waals surface area contributed by atoms with Gasteiger partial charge in [0.2, 0.25) is 5.82 Å². The Morgan fingerprint density at radius 2 is 2.04 bits per heavy atom. The van der Waals surface area contributed by atoms with Crippen LogP contribution in [0.2, 0.25) is 0 Å². The molecule has 2 rings (SSSR count). The van der Waals surface area contributed by atoms with Crippen LogP contribution in [0.15, 0.2) is 6.33 Å². The minimum atomic E-state index is -4.68. The standard InChI is InChI=1S/C9H13F2N4O5P.C3H8.CH4O/c10-9(11)21(17,18)19-3-5-1-2-6(20-5)15-4-13-8(14-15)7(12)16;1-3-2;1-2/h4-6,9,17-18H,1-3H2,(H-,12,16);3H2,1-2H3;2H,1H3/p+1/t5?,6-;;/m1../s1. The molecule has 152 valence electrons. The molecule has 1 fully saturated rings. The van der Waals surface area contributed by atoms with E-state index in [4.69, 9.17) is 25.4 Å². The number of nitrogens with zero attached hydrogens (tertiary/aromatic N) is 3. The van der Waals surface area contributed by atoms with Gasteiger partial charge in [0.25, 0.3) is 5.91 Å². The van der Waals surface area contributed by atoms with Gasteiger partial charge in [0, 0.05) is 7.11 Å². The van der Waals surface area contributed by atoms with Crippen molar-refractivity contribution in [2.24, 2.45) is 5.73 Å². The van der Waals surface area contributed by atoms with Crippen molar-refractivity contribution in [3.63, 3.8) is 0 Å². The number of carbonyl (C=O) groups excluding carboxylic acids is 1. The van der Waals surface area contributed by atoms with Gasteiger partial charge < -0.3 is 15.6 Å². The van der Waals surface area contributed by atoms with Gasteiger partial charge in [-0.3, -0.25) is 4.79 Å². The van der Waals surface area contributed by atoms with E-state index in [9.17, 15) is 13.6 Å². The normalized spacial score (nSPS) is 19.4. The van der Waals surface area contributed by atoms with Gasteiger partial charge in [-0.25, -0.2) is 9.67 Å². The predicted molar refractivity (Wildman–Crippen MR) is 89.1 cm³/mol. The van der Waals surface area contributed by atoms with Crippen LogP contribution in [0.3, 0.4) is 0 Å². The number of nitrogens with two attached hydrogens (primary N) is 1. The Morgan fingerprint density at radius 1 is 1.46 bits per heavy atom. The number of aliphatic hydroxyl groups is 1. The zero-order valence-corrected chi connectivity index (χ0v) is 15.7. The van der Waals surface area contributed by atoms with Crippen LogP contribution in [0, 0.1) is 0 Å². The molecule has 0 bridgehead atoms. The van der Waals surface area contributed by atoms with E-state index in [-0.39, 0.29) is 12.4 Å². The first-order valence-corrected chi connectivity index (χ1v) is 9.47. The highest BCUT2D eigenvalue weighted by Crippen LogP contribution is 2.57. The monoisotopic (exact) mass is 403 g/mol. The number of amides is 1. The molecule has 13 heteroatoms. The fraction of sp³-hybridized carbons (Fsp3) is 0.769. The number of rotatable bonds is 6. The lowest BCUT2D eigenvalue weighted by atomic mass is 10.2. The van der Waals surface area contributed by atoms with Crippen LogP contribution in [0.4, 0.5) is 8.78 Å². The third-order valence-electron chi connectivity index (χ3n) is 2.81. The highest BCUT2D eigenvalue weighted by Gasteiger charge is 2.49. The molecule has 1 aliphatic rings. The Balaban J connectivity index is 0.00000113. The van der Waals surface area contributed by atoms with Crippen molar-refractivity contribution >= 4 is 13.9 Å². The van der Waals surface area contributed by atoms with Crippen molar-refractivity contribution < 1.29 is 37.7 Å². The van der Waals surface area contributed by atoms with Gasteiger partial charge in [-0.2, -0.15) is 23.1 Å². The molecule has 2 atom stereocenters. The van der Waals surface area contributed by atoms with E-state index < -0.39 is 32.3 Å². The van der Waals surface area contributed by atoms with E-state index in [1.807, 2.05) is 0 Å². The topological polar surface area (TPSA) is 153 Å². The Hall–Kier alpha value is -1.30. The second-order valence-electron chi connectivity index (χ2n) is 5.07. The number of aromatic nitrogens is 3. The van der Waals surface area contributed by atoms with Crippen LogP contribution in [0.1, 0.15) is 50.0 Å². The van der Waals surface area contributed by atoms with Crippen LogP contribution < -0.4 is 5.73 Å². The van der Waals surface area contributed by atoms with Gasteiger partial charge in [-0.15, -0.1) is 5.10 Å². The summed E-state index contributed by atoms with van der Waals surface area (Å²) in [6.07, 6.45) is -1.04. The summed E-state index contributed by atoms with van der Waals surface area (Å²) in [5, 5.41) is 10.8. The van der Waals surface area contributed by atoms with E-state index in [0.717, 1.165) is 7.11 Å². The van der Waals surface area contributed by atoms with Crippen LogP contribution in [0.25, 0.3) is 0 Å². The lowest BCUT2D eigenvalue weighted by molar-refractivity contribution is -0.0295. The van der Waals surface area contributed by atoms with E-state index in [0.29, 0.717) is 12.8 Å². The zero-order valence-electron chi connectivity index (χ0n) is 14.8. The molecule has 1 aromatic heterocycles. The fourth-order valence-corrected chi connectivity index (χ4v) is 2.28. The molecule has 1 saturated heterocycles. The van der Waals surface area contributed by atoms with Crippen molar-refractivity contribution in [1.82, 2.24) is 14.8 Å². The largest absolute Gasteiger partial charge is 0.478 e. The average Bonchev–Trinajstić information content (AvgIpc) is 3.25. The van der Waals surface area contributed by atoms with Crippen molar-refractivity contribution in [2.45, 2.75) is 51.6 Å². The van der Waals surface area contributed by atoms with Crippen molar-refractivity contribution in [3.05, 3.63) is 12.2 Å². The second kappa shape index (κ2) is 12.2. The minimum absolute atomic E-state index is 0.161. The maximum Gasteiger partial charge on any atom is 0.478 e. The molecule has 0 aliphatic carbocycles. The maximum absolute atomic E-state index is 12.2. The van der Waals surface area contributed by atoms with Gasteiger partial charge in [0.1, 0.15) is 12.9 Å². The van der Waals surface area contributed by atoms with Crippen LogP contribution in [0.5, 0.6) is 0 Å². The third-order valence-corrected chi connectivity index (χ3v) is 3.85. The highest BCUT2D eigenvalue weighted by molar-refractivity contribution is 7.59. The molecular formula is C13H26F2N4O6P+. The number of halogens is 2. The number of ether oxygens (including phenoxy) is 1. The first-order valence-electron chi connectivity index (χ1n) is 7.79. The van der Waals surface area contributed by atoms with E-state index in [2.05, 4.69) is 28.5 Å². The molecule has 5 N–H and O–H groups in total. The Bertz CT molecular complexity index is 534. The SMILES string of the molecule is CCC.CO.NC(=O)c1ncn([C@H]2CCC(CO[P+](O)(O)C(F)F)O2)n1. The third kappa shape index (κ3) is 7.94. The van der Waals surface area contributed by atoms with Crippen LogP contribution >= 0.6 is 7.94 Å². The number of aliphatic hydroxyl groups excluding tert-OH is 1. The lowest BCUT2D eigenvalue weighted by Crippen LogP contribution is -2.19. The van der Waals surface area contributed by atoms with Crippen molar-refractivity contribution in [2.75, 3.05) is 13.7 Å². The first-order chi connectivity index (χ1) is 12.2. The summed E-state index contributed by atoms with van der Waals surface area (Å²) in [5.41, 5.74) is 5.02. The molecule has 1 amide bonds. The molecule has 2 heterocycles. The number of alkyl halides is 2. The average molecular weight is 403 g/mol. The predicted octanol–water partition coefficient (Wildman–Crippen LogP) is 1.07. The molecule has 0 aromatic carbocycles. The Labute approximate surface area is 150 Å². The molecular weight excluding hydrogens is 377 g/mol.